The fraction of sp³-hybridized carbons (Fsp3) is 0.381. The van der Waals surface area contributed by atoms with Crippen LogP contribution in [0, 0.1) is 6.92 Å². The van der Waals surface area contributed by atoms with Crippen molar-refractivity contribution in [1.29, 1.82) is 0 Å². The maximum atomic E-state index is 12.8. The van der Waals surface area contributed by atoms with Crippen LogP contribution in [0.25, 0.3) is 0 Å². The predicted octanol–water partition coefficient (Wildman–Crippen LogP) is 2.69. The molecular weight excluding hydrogens is 372 g/mol. The molecule has 8 heteroatoms. The van der Waals surface area contributed by atoms with Gasteiger partial charge < -0.3 is 20.1 Å². The number of methoxy groups -OCH3 is 2. The number of anilines is 2. The molecule has 0 bridgehead atoms. The van der Waals surface area contributed by atoms with Gasteiger partial charge in [0.05, 0.1) is 37.8 Å². The highest BCUT2D eigenvalue weighted by molar-refractivity contribution is 6.06. The summed E-state index contributed by atoms with van der Waals surface area (Å²) < 4.78 is 10.8. The van der Waals surface area contributed by atoms with Crippen molar-refractivity contribution in [2.24, 2.45) is 0 Å². The average molecular weight is 398 g/mol. The molecule has 2 amide bonds. The van der Waals surface area contributed by atoms with E-state index < -0.39 is 0 Å². The molecule has 0 aliphatic carbocycles. The van der Waals surface area contributed by atoms with Crippen LogP contribution in [0.5, 0.6) is 11.5 Å². The third-order valence-corrected chi connectivity index (χ3v) is 4.99. The molecule has 2 heterocycles. The second-order valence-corrected chi connectivity index (χ2v) is 7.03. The minimum absolute atomic E-state index is 0.134. The van der Waals surface area contributed by atoms with Crippen LogP contribution in [0.3, 0.4) is 0 Å². The molecule has 8 nitrogen and oxygen atoms in total. The molecule has 0 radical (unpaired) electrons. The number of rotatable bonds is 6. The molecular formula is C21H26N4O4. The molecule has 154 valence electrons. The molecule has 1 aromatic heterocycles. The number of ether oxygens (including phenoxy) is 2. The third kappa shape index (κ3) is 4.65. The van der Waals surface area contributed by atoms with Crippen LogP contribution >= 0.6 is 0 Å². The number of benzene rings is 1. The highest BCUT2D eigenvalue weighted by Gasteiger charge is 2.29. The van der Waals surface area contributed by atoms with Gasteiger partial charge in [0, 0.05) is 11.3 Å². The van der Waals surface area contributed by atoms with Crippen LogP contribution in [0.2, 0.25) is 0 Å². The number of pyridine rings is 1. The number of hydrogen-bond acceptors (Lipinski definition) is 6. The number of aryl methyl sites for hydroxylation is 1. The highest BCUT2D eigenvalue weighted by Crippen LogP contribution is 2.37. The second kappa shape index (κ2) is 8.91. The van der Waals surface area contributed by atoms with Crippen molar-refractivity contribution in [3.05, 3.63) is 41.7 Å². The number of nitrogens with zero attached hydrogens (tertiary/aromatic N) is 2. The van der Waals surface area contributed by atoms with Gasteiger partial charge in [-0.2, -0.15) is 0 Å². The highest BCUT2D eigenvalue weighted by atomic mass is 16.5. The number of likely N-dealkylation sites (N-methyl/N-ethyl adjacent to an activating group) is 1. The molecule has 2 aromatic rings. The standard InChI is InChI=1S/C21H26N4O4/c1-13-7-8-15(12-22-13)23-20(26)14-10-16(19(29-4)18(11-14)28-3)24-21(27)17-6-5-9-25(17)2/h7-8,10-12,17H,5-6,9H2,1-4H3,(H,23,26)(H,24,27)/t17-/m0/s1. The van der Waals surface area contributed by atoms with E-state index >= 15 is 0 Å². The summed E-state index contributed by atoms with van der Waals surface area (Å²) in [7, 11) is 4.90. The molecule has 1 aliphatic heterocycles. The lowest BCUT2D eigenvalue weighted by Crippen LogP contribution is -2.37. The Morgan fingerprint density at radius 3 is 2.55 bits per heavy atom. The second-order valence-electron chi connectivity index (χ2n) is 7.03. The summed E-state index contributed by atoms with van der Waals surface area (Å²) in [5, 5.41) is 5.70. The quantitative estimate of drug-likeness (QED) is 0.777. The smallest absolute Gasteiger partial charge is 0.255 e. The van der Waals surface area contributed by atoms with Crippen LogP contribution in [-0.2, 0) is 4.79 Å². The van der Waals surface area contributed by atoms with Crippen molar-refractivity contribution in [1.82, 2.24) is 9.88 Å². The molecule has 1 atom stereocenters. The topological polar surface area (TPSA) is 92.8 Å². The minimum Gasteiger partial charge on any atom is -0.493 e. The number of likely N-dealkylation sites (tertiary alicyclic amines) is 1. The van der Waals surface area contributed by atoms with Crippen LogP contribution in [0.4, 0.5) is 11.4 Å². The van der Waals surface area contributed by atoms with Gasteiger partial charge in [-0.1, -0.05) is 0 Å². The SMILES string of the molecule is COc1cc(C(=O)Nc2ccc(C)nc2)cc(NC(=O)[C@@H]2CCCN2C)c1OC. The lowest BCUT2D eigenvalue weighted by molar-refractivity contribution is -0.119. The van der Waals surface area contributed by atoms with Crippen LogP contribution < -0.4 is 20.1 Å². The summed E-state index contributed by atoms with van der Waals surface area (Å²) in [4.78, 5) is 31.7. The summed E-state index contributed by atoms with van der Waals surface area (Å²) >= 11 is 0. The van der Waals surface area contributed by atoms with E-state index in [1.165, 1.54) is 14.2 Å². The molecule has 1 fully saturated rings. The first kappa shape index (κ1) is 20.6. The number of carbonyl (C=O) groups excluding carboxylic acids is 2. The Hall–Kier alpha value is -3.13. The van der Waals surface area contributed by atoms with Crippen molar-refractivity contribution in [3.8, 4) is 11.5 Å². The van der Waals surface area contributed by atoms with Crippen molar-refractivity contribution in [2.45, 2.75) is 25.8 Å². The van der Waals surface area contributed by atoms with Gasteiger partial charge in [-0.25, -0.2) is 0 Å². The minimum atomic E-state index is -0.343. The van der Waals surface area contributed by atoms with E-state index in [-0.39, 0.29) is 17.9 Å². The summed E-state index contributed by atoms with van der Waals surface area (Å²) in [6.07, 6.45) is 3.36. The molecule has 0 unspecified atom stereocenters. The Morgan fingerprint density at radius 1 is 1.17 bits per heavy atom. The lowest BCUT2D eigenvalue weighted by Gasteiger charge is -2.21. The van der Waals surface area contributed by atoms with Crippen molar-refractivity contribution in [2.75, 3.05) is 38.4 Å². The molecule has 29 heavy (non-hydrogen) atoms. The first-order valence-corrected chi connectivity index (χ1v) is 9.44. The average Bonchev–Trinajstić information content (AvgIpc) is 3.15. The largest absolute Gasteiger partial charge is 0.493 e. The first-order valence-electron chi connectivity index (χ1n) is 9.44. The van der Waals surface area contributed by atoms with Crippen LogP contribution in [0.1, 0.15) is 28.9 Å². The van der Waals surface area contributed by atoms with Gasteiger partial charge in [-0.15, -0.1) is 0 Å². The summed E-state index contributed by atoms with van der Waals surface area (Å²) in [6.45, 7) is 2.75. The predicted molar refractivity (Wildman–Crippen MR) is 111 cm³/mol. The van der Waals surface area contributed by atoms with E-state index in [1.807, 2.05) is 24.9 Å². The van der Waals surface area contributed by atoms with Crippen molar-refractivity contribution < 1.29 is 19.1 Å². The first-order chi connectivity index (χ1) is 13.9. The van der Waals surface area contributed by atoms with Gasteiger partial charge in [0.25, 0.3) is 5.91 Å². The Kier molecular flexibility index (Phi) is 6.33. The van der Waals surface area contributed by atoms with Gasteiger partial charge in [-0.3, -0.25) is 19.5 Å². The summed E-state index contributed by atoms with van der Waals surface area (Å²) in [5.41, 5.74) is 2.16. The van der Waals surface area contributed by atoms with Gasteiger partial charge in [-0.05, 0) is 57.6 Å². The van der Waals surface area contributed by atoms with Gasteiger partial charge in [0.15, 0.2) is 11.5 Å². The van der Waals surface area contributed by atoms with Gasteiger partial charge >= 0.3 is 0 Å². The van der Waals surface area contributed by atoms with Gasteiger partial charge in [0.2, 0.25) is 5.91 Å². The van der Waals surface area contributed by atoms with Crippen LogP contribution in [-0.4, -0.2) is 55.6 Å². The molecule has 0 spiro atoms. The Morgan fingerprint density at radius 2 is 1.97 bits per heavy atom. The molecule has 1 saturated heterocycles. The fourth-order valence-electron chi connectivity index (χ4n) is 3.39. The van der Waals surface area contributed by atoms with E-state index in [1.54, 1.807) is 24.4 Å². The Bertz CT molecular complexity index is 898. The normalized spacial score (nSPS) is 16.3. The zero-order valence-corrected chi connectivity index (χ0v) is 17.1. The maximum absolute atomic E-state index is 12.8. The maximum Gasteiger partial charge on any atom is 0.255 e. The number of amides is 2. The summed E-state index contributed by atoms with van der Waals surface area (Å²) in [6, 6.07) is 6.55. The van der Waals surface area contributed by atoms with E-state index in [4.69, 9.17) is 9.47 Å². The molecule has 1 aliphatic rings. The van der Waals surface area contributed by atoms with Crippen LogP contribution in [0.15, 0.2) is 30.5 Å². The van der Waals surface area contributed by atoms with E-state index in [0.29, 0.717) is 28.4 Å². The molecule has 0 saturated carbocycles. The van der Waals surface area contributed by atoms with Crippen molar-refractivity contribution >= 4 is 23.2 Å². The monoisotopic (exact) mass is 398 g/mol. The molecule has 2 N–H and O–H groups in total. The Labute approximate surface area is 170 Å². The zero-order chi connectivity index (χ0) is 21.0. The summed E-state index contributed by atoms with van der Waals surface area (Å²) in [5.74, 6) is 0.253. The zero-order valence-electron chi connectivity index (χ0n) is 17.1. The lowest BCUT2D eigenvalue weighted by atomic mass is 10.1. The Balaban J connectivity index is 1.87. The fourth-order valence-corrected chi connectivity index (χ4v) is 3.39. The molecule has 3 rings (SSSR count). The van der Waals surface area contributed by atoms with Gasteiger partial charge in [0.1, 0.15) is 0 Å². The number of nitrogens with one attached hydrogen (secondary N) is 2. The molecule has 1 aromatic carbocycles. The van der Waals surface area contributed by atoms with E-state index in [2.05, 4.69) is 15.6 Å². The van der Waals surface area contributed by atoms with Crippen molar-refractivity contribution in [3.63, 3.8) is 0 Å². The number of carbonyl (C=O) groups is 2. The number of hydrogen-bond donors (Lipinski definition) is 2. The van der Waals surface area contributed by atoms with E-state index in [0.717, 1.165) is 25.1 Å². The number of aromatic nitrogens is 1. The van der Waals surface area contributed by atoms with E-state index in [9.17, 15) is 9.59 Å². The third-order valence-electron chi connectivity index (χ3n) is 4.99.